The maximum Gasteiger partial charge on any atom is 0.322 e. The zero-order chi connectivity index (χ0) is 22.8. The van der Waals surface area contributed by atoms with Crippen LogP contribution in [-0.2, 0) is 14.4 Å². The van der Waals surface area contributed by atoms with Crippen LogP contribution in [0.2, 0.25) is 0 Å². The van der Waals surface area contributed by atoms with E-state index in [1.54, 1.807) is 0 Å². The van der Waals surface area contributed by atoms with Gasteiger partial charge in [0.05, 0.1) is 0 Å². The number of nitrogens with one attached hydrogen (secondary N) is 3. The Bertz CT molecular complexity index is 877. The van der Waals surface area contributed by atoms with Crippen molar-refractivity contribution in [2.75, 3.05) is 13.1 Å². The molecule has 0 bridgehead atoms. The molecule has 0 radical (unpaired) electrons. The van der Waals surface area contributed by atoms with Crippen molar-refractivity contribution in [2.45, 2.75) is 95.1 Å². The molecule has 1 unspecified atom stereocenters. The van der Waals surface area contributed by atoms with E-state index in [2.05, 4.69) is 20.9 Å². The van der Waals surface area contributed by atoms with Gasteiger partial charge in [-0.25, -0.2) is 4.79 Å². The van der Waals surface area contributed by atoms with Crippen molar-refractivity contribution in [3.8, 4) is 0 Å². The van der Waals surface area contributed by atoms with Crippen molar-refractivity contribution in [3.63, 3.8) is 0 Å². The first-order chi connectivity index (χ1) is 15.8. The number of urea groups is 1. The van der Waals surface area contributed by atoms with E-state index in [1.807, 2.05) is 0 Å². The van der Waals surface area contributed by atoms with Gasteiger partial charge >= 0.3 is 6.03 Å². The predicted octanol–water partition coefficient (Wildman–Crippen LogP) is 2.22. The van der Waals surface area contributed by atoms with Crippen molar-refractivity contribution >= 4 is 23.8 Å². The molecule has 2 aliphatic heterocycles. The van der Waals surface area contributed by atoms with Crippen molar-refractivity contribution in [1.82, 2.24) is 20.9 Å². The fraction of sp³-hybridized carbons (Fsp3) is 0.840. The molecular formula is C25H36N4O4. The lowest BCUT2D eigenvalue weighted by molar-refractivity contribution is -0.141. The van der Waals surface area contributed by atoms with E-state index in [9.17, 15) is 19.2 Å². The van der Waals surface area contributed by atoms with E-state index in [0.717, 1.165) is 25.8 Å². The molecule has 4 saturated carbocycles. The minimum Gasteiger partial charge on any atom is -0.354 e. The molecule has 4 aliphatic carbocycles. The molecule has 6 fully saturated rings. The lowest BCUT2D eigenvalue weighted by Gasteiger charge is -2.47. The van der Waals surface area contributed by atoms with Crippen LogP contribution in [0.5, 0.6) is 0 Å². The van der Waals surface area contributed by atoms with Crippen LogP contribution in [0.25, 0.3) is 0 Å². The van der Waals surface area contributed by atoms with Crippen molar-refractivity contribution in [1.29, 1.82) is 0 Å². The summed E-state index contributed by atoms with van der Waals surface area (Å²) in [6, 6.07) is -0.402. The van der Waals surface area contributed by atoms with E-state index in [0.29, 0.717) is 30.7 Å². The quantitative estimate of drug-likeness (QED) is 0.564. The average Bonchev–Trinajstić information content (AvgIpc) is 3.27. The number of likely N-dealkylation sites (tertiary alicyclic amines) is 1. The lowest BCUT2D eigenvalue weighted by Crippen LogP contribution is -2.60. The van der Waals surface area contributed by atoms with Crippen LogP contribution in [0.3, 0.4) is 0 Å². The molecular weight excluding hydrogens is 420 g/mol. The highest BCUT2D eigenvalue weighted by Crippen LogP contribution is 2.54. The molecule has 0 aromatic carbocycles. The molecule has 0 aromatic heterocycles. The third kappa shape index (κ3) is 3.46. The Kier molecular flexibility index (Phi) is 4.83. The summed E-state index contributed by atoms with van der Waals surface area (Å²) in [5.74, 6) is -0.191. The maximum atomic E-state index is 13.6. The zero-order valence-corrected chi connectivity index (χ0v) is 19.4. The Balaban J connectivity index is 1.05. The zero-order valence-electron chi connectivity index (χ0n) is 19.4. The van der Waals surface area contributed by atoms with Crippen LogP contribution >= 0.6 is 0 Å². The molecule has 0 aromatic rings. The van der Waals surface area contributed by atoms with Gasteiger partial charge in [-0.15, -0.1) is 0 Å². The van der Waals surface area contributed by atoms with E-state index in [1.165, 1.54) is 51.4 Å². The first-order valence-corrected chi connectivity index (χ1v) is 13.0. The Morgan fingerprint density at radius 1 is 0.909 bits per heavy atom. The minimum absolute atomic E-state index is 0.0684. The summed E-state index contributed by atoms with van der Waals surface area (Å²) in [7, 11) is 0. The summed E-state index contributed by atoms with van der Waals surface area (Å²) < 4.78 is 0. The Hall–Kier alpha value is -2.12. The summed E-state index contributed by atoms with van der Waals surface area (Å²) in [6.07, 6.45) is 13.8. The molecule has 1 atom stereocenters. The number of amides is 5. The molecule has 180 valence electrons. The standard InChI is InChI=1S/C25H36N4O4/c30-19(17-11-25(12-17)21(32)27-22(33)28-25)26-14-18-13-24(7-2-8-24)15-29(18)20(31)16-3-9-23(10-4-16)5-1-6-23/h16-18H,1-15H2,(H,26,30)(H2,27,28,32,33). The normalized spacial score (nSPS) is 31.6. The van der Waals surface area contributed by atoms with Crippen LogP contribution in [0.1, 0.15) is 83.5 Å². The Morgan fingerprint density at radius 2 is 1.58 bits per heavy atom. The molecule has 6 rings (SSSR count). The average molecular weight is 457 g/mol. The highest BCUT2D eigenvalue weighted by Gasteiger charge is 2.57. The summed E-state index contributed by atoms with van der Waals surface area (Å²) in [5, 5.41) is 8.02. The van der Waals surface area contributed by atoms with Gasteiger partial charge in [-0.05, 0) is 81.5 Å². The molecule has 8 heteroatoms. The third-order valence-corrected chi connectivity index (χ3v) is 10.2. The van der Waals surface area contributed by atoms with Crippen LogP contribution in [0, 0.1) is 22.7 Å². The molecule has 2 heterocycles. The van der Waals surface area contributed by atoms with Crippen molar-refractivity contribution in [2.24, 2.45) is 22.7 Å². The first-order valence-electron chi connectivity index (χ1n) is 13.0. The second kappa shape index (κ2) is 7.44. The number of imide groups is 1. The monoisotopic (exact) mass is 456 g/mol. The van der Waals surface area contributed by atoms with Gasteiger partial charge in [-0.2, -0.15) is 0 Å². The highest BCUT2D eigenvalue weighted by atomic mass is 16.2. The number of hydrogen-bond donors (Lipinski definition) is 3. The molecule has 3 spiro atoms. The molecule has 5 amide bonds. The first kappa shape index (κ1) is 21.4. The van der Waals surface area contributed by atoms with Crippen molar-refractivity contribution < 1.29 is 19.2 Å². The van der Waals surface area contributed by atoms with Crippen LogP contribution in [-0.4, -0.2) is 53.3 Å². The van der Waals surface area contributed by atoms with Gasteiger partial charge in [0, 0.05) is 31.0 Å². The van der Waals surface area contributed by atoms with Gasteiger partial charge in [0.2, 0.25) is 11.8 Å². The fourth-order valence-electron chi connectivity index (χ4n) is 7.68. The minimum atomic E-state index is -0.900. The van der Waals surface area contributed by atoms with Crippen molar-refractivity contribution in [3.05, 3.63) is 0 Å². The number of carbonyl (C=O) groups is 4. The summed E-state index contributed by atoms with van der Waals surface area (Å²) >= 11 is 0. The highest BCUT2D eigenvalue weighted by molar-refractivity contribution is 6.08. The van der Waals surface area contributed by atoms with Crippen LogP contribution in [0.15, 0.2) is 0 Å². The van der Waals surface area contributed by atoms with Crippen LogP contribution < -0.4 is 16.0 Å². The Morgan fingerprint density at radius 3 is 2.12 bits per heavy atom. The van der Waals surface area contributed by atoms with E-state index in [4.69, 9.17) is 0 Å². The fourth-order valence-corrected chi connectivity index (χ4v) is 7.68. The predicted molar refractivity (Wildman–Crippen MR) is 120 cm³/mol. The second-order valence-electron chi connectivity index (χ2n) is 12.1. The number of nitrogens with zero attached hydrogens (tertiary/aromatic N) is 1. The smallest absolute Gasteiger partial charge is 0.322 e. The Labute approximate surface area is 195 Å². The van der Waals surface area contributed by atoms with Gasteiger partial charge < -0.3 is 15.5 Å². The third-order valence-electron chi connectivity index (χ3n) is 10.2. The topological polar surface area (TPSA) is 108 Å². The molecule has 6 aliphatic rings. The van der Waals surface area contributed by atoms with E-state index in [-0.39, 0.29) is 35.1 Å². The summed E-state index contributed by atoms with van der Waals surface area (Å²) in [5.41, 5.74) is -0.0783. The van der Waals surface area contributed by atoms with Gasteiger partial charge in [-0.1, -0.05) is 12.8 Å². The number of carbonyl (C=O) groups excluding carboxylic acids is 4. The summed E-state index contributed by atoms with van der Waals surface area (Å²) in [4.78, 5) is 51.9. The molecule has 33 heavy (non-hydrogen) atoms. The molecule has 8 nitrogen and oxygen atoms in total. The maximum absolute atomic E-state index is 13.6. The summed E-state index contributed by atoms with van der Waals surface area (Å²) in [6.45, 7) is 1.35. The van der Waals surface area contributed by atoms with E-state index >= 15 is 0 Å². The van der Waals surface area contributed by atoms with Gasteiger partial charge in [0.1, 0.15) is 5.54 Å². The second-order valence-corrected chi connectivity index (χ2v) is 12.1. The van der Waals surface area contributed by atoms with E-state index < -0.39 is 11.6 Å². The van der Waals surface area contributed by atoms with Gasteiger partial charge in [-0.3, -0.25) is 19.7 Å². The SMILES string of the molecule is O=C1NC(=O)C2(CC(C(=O)NCC3CC4(CCC4)CN3C(=O)C3CCC4(CCC4)CC3)C2)N1. The van der Waals surface area contributed by atoms with Gasteiger partial charge in [0.25, 0.3) is 5.91 Å². The largest absolute Gasteiger partial charge is 0.354 e. The lowest BCUT2D eigenvalue weighted by atomic mass is 9.59. The number of hydrogen-bond acceptors (Lipinski definition) is 4. The molecule has 2 saturated heterocycles. The molecule has 3 N–H and O–H groups in total. The van der Waals surface area contributed by atoms with Crippen LogP contribution in [0.4, 0.5) is 4.79 Å². The number of rotatable bonds is 4. The van der Waals surface area contributed by atoms with Gasteiger partial charge in [0.15, 0.2) is 0 Å².